The Morgan fingerprint density at radius 3 is 1.72 bits per heavy atom. The van der Waals surface area contributed by atoms with Crippen LogP contribution in [0.3, 0.4) is 0 Å². The molecule has 25 heavy (non-hydrogen) atoms. The van der Waals surface area contributed by atoms with E-state index in [0.29, 0.717) is 10.7 Å². The lowest BCUT2D eigenvalue weighted by Crippen LogP contribution is -2.25. The van der Waals surface area contributed by atoms with Crippen molar-refractivity contribution >= 4 is 32.5 Å². The fraction of sp³-hybridized carbons (Fsp3) is 0.600. The van der Waals surface area contributed by atoms with E-state index in [-0.39, 0.29) is 26.4 Å². The molecule has 7 nitrogen and oxygen atoms in total. The van der Waals surface area contributed by atoms with Gasteiger partial charge in [0.05, 0.1) is 26.4 Å². The molecule has 1 N–H and O–H groups in total. The largest absolute Gasteiger partial charge is 0.365 e. The van der Waals surface area contributed by atoms with Crippen LogP contribution in [0.15, 0.2) is 24.3 Å². The van der Waals surface area contributed by atoms with Gasteiger partial charge in [-0.25, -0.2) is 0 Å². The number of anilines is 1. The molecule has 0 unspecified atom stereocenters. The Bertz CT molecular complexity index is 580. The first-order valence-corrected chi connectivity index (χ1v) is 11.7. The highest BCUT2D eigenvalue weighted by Crippen LogP contribution is 2.70. The second-order valence-electron chi connectivity index (χ2n) is 4.78. The van der Waals surface area contributed by atoms with E-state index in [2.05, 4.69) is 5.32 Å². The second-order valence-corrected chi connectivity index (χ2v) is 9.85. The predicted molar refractivity (Wildman–Crippen MR) is 101 cm³/mol. The van der Waals surface area contributed by atoms with Crippen LogP contribution in [-0.2, 0) is 27.2 Å². The molecule has 0 spiro atoms. The third-order valence-corrected chi connectivity index (χ3v) is 8.82. The quantitative estimate of drug-likeness (QED) is 0.448. The van der Waals surface area contributed by atoms with Gasteiger partial charge < -0.3 is 23.4 Å². The van der Waals surface area contributed by atoms with E-state index >= 15 is 0 Å². The summed E-state index contributed by atoms with van der Waals surface area (Å²) in [6.45, 7) is 7.16. The van der Waals surface area contributed by atoms with Crippen molar-refractivity contribution in [3.8, 4) is 0 Å². The average Bonchev–Trinajstić information content (AvgIpc) is 2.53. The maximum atomic E-state index is 13.3. The smallest absolute Gasteiger partial charge is 0.362 e. The molecule has 0 aromatic heterocycles. The van der Waals surface area contributed by atoms with Gasteiger partial charge in [0.2, 0.25) is 5.52 Å². The second kappa shape index (κ2) is 10.7. The van der Waals surface area contributed by atoms with Gasteiger partial charge in [-0.05, 0) is 45.9 Å². The van der Waals surface area contributed by atoms with Crippen molar-refractivity contribution in [2.45, 2.75) is 33.2 Å². The number of nitrogens with one attached hydrogen (secondary N) is 1. The molecule has 0 aliphatic heterocycles. The first kappa shape index (κ1) is 22.7. The normalized spacial score (nSPS) is 12.6. The summed E-state index contributed by atoms with van der Waals surface area (Å²) in [6, 6.07) is 6.71. The van der Waals surface area contributed by atoms with E-state index in [0.717, 1.165) is 0 Å². The maximum Gasteiger partial charge on any atom is 0.365 e. The highest BCUT2D eigenvalue weighted by Gasteiger charge is 2.51. The molecular weight excluding hydrogens is 388 g/mol. The zero-order valence-electron chi connectivity index (χ0n) is 14.9. The standard InChI is InChI=1S/C15H26ClNO6P2/c1-5-20-24(18,21-6-2)15(25(19,22-7-3)23-8-4)17-14-11-9-10-13(16)12-14/h9-12,15,17H,5-8H2,1-4H3. The van der Waals surface area contributed by atoms with Gasteiger partial charge in [0, 0.05) is 10.7 Å². The molecule has 10 heteroatoms. The molecule has 0 saturated carbocycles. The predicted octanol–water partition coefficient (Wildman–Crippen LogP) is 5.57. The van der Waals surface area contributed by atoms with Crippen molar-refractivity contribution < 1.29 is 27.2 Å². The minimum absolute atomic E-state index is 0.114. The van der Waals surface area contributed by atoms with Crippen LogP contribution < -0.4 is 5.32 Å². The lowest BCUT2D eigenvalue weighted by molar-refractivity contribution is 0.198. The highest BCUT2D eigenvalue weighted by atomic mass is 35.5. The van der Waals surface area contributed by atoms with Gasteiger partial charge in [0.1, 0.15) is 0 Å². The van der Waals surface area contributed by atoms with Gasteiger partial charge >= 0.3 is 15.2 Å². The van der Waals surface area contributed by atoms with E-state index in [1.54, 1.807) is 52.0 Å². The number of rotatable bonds is 12. The number of halogens is 1. The molecule has 1 rings (SSSR count). The van der Waals surface area contributed by atoms with E-state index in [9.17, 15) is 9.13 Å². The first-order chi connectivity index (χ1) is 11.8. The summed E-state index contributed by atoms with van der Waals surface area (Å²) >= 11 is 6.00. The van der Waals surface area contributed by atoms with Gasteiger partial charge in [-0.1, -0.05) is 17.7 Å². The lowest BCUT2D eigenvalue weighted by atomic mass is 10.3. The summed E-state index contributed by atoms with van der Waals surface area (Å²) < 4.78 is 48.2. The monoisotopic (exact) mass is 413 g/mol. The van der Waals surface area contributed by atoms with Crippen LogP contribution in [0.5, 0.6) is 0 Å². The SMILES string of the molecule is CCOP(=O)(OCC)C(Nc1cccc(Cl)c1)P(=O)(OCC)OCC. The summed E-state index contributed by atoms with van der Waals surface area (Å²) in [5, 5.41) is 3.40. The van der Waals surface area contributed by atoms with E-state index in [4.69, 9.17) is 29.7 Å². The summed E-state index contributed by atoms with van der Waals surface area (Å²) in [7, 11) is -7.72. The van der Waals surface area contributed by atoms with Crippen molar-refractivity contribution in [1.82, 2.24) is 0 Å². The molecule has 0 aliphatic rings. The molecule has 0 atom stereocenters. The molecule has 1 aromatic carbocycles. The van der Waals surface area contributed by atoms with Crippen LogP contribution in [0.2, 0.25) is 5.02 Å². The highest BCUT2D eigenvalue weighted by molar-refractivity contribution is 7.72. The van der Waals surface area contributed by atoms with E-state index in [1.165, 1.54) is 0 Å². The van der Waals surface area contributed by atoms with E-state index in [1.807, 2.05) is 0 Å². The fourth-order valence-corrected chi connectivity index (χ4v) is 7.28. The molecule has 144 valence electrons. The molecule has 0 aliphatic carbocycles. The number of hydrogen-bond acceptors (Lipinski definition) is 7. The Balaban J connectivity index is 3.37. The van der Waals surface area contributed by atoms with Crippen molar-refractivity contribution in [3.63, 3.8) is 0 Å². The zero-order valence-corrected chi connectivity index (χ0v) is 17.5. The fourth-order valence-electron chi connectivity index (χ4n) is 2.14. The average molecular weight is 414 g/mol. The Morgan fingerprint density at radius 2 is 1.36 bits per heavy atom. The molecular formula is C15H26ClNO6P2. The Morgan fingerprint density at radius 1 is 0.920 bits per heavy atom. The molecule has 1 aromatic rings. The topological polar surface area (TPSA) is 83.1 Å². The van der Waals surface area contributed by atoms with Gasteiger partial charge in [-0.3, -0.25) is 9.13 Å². The first-order valence-electron chi connectivity index (χ1n) is 8.14. The van der Waals surface area contributed by atoms with E-state index < -0.39 is 20.7 Å². The van der Waals surface area contributed by atoms with Crippen LogP contribution in [0, 0.1) is 0 Å². The summed E-state index contributed by atoms with van der Waals surface area (Å²) in [4.78, 5) is 0. The van der Waals surface area contributed by atoms with Crippen LogP contribution in [0.25, 0.3) is 0 Å². The third-order valence-electron chi connectivity index (χ3n) is 2.96. The minimum atomic E-state index is -3.86. The van der Waals surface area contributed by atoms with Gasteiger partial charge in [-0.2, -0.15) is 0 Å². The minimum Gasteiger partial charge on any atom is -0.362 e. The van der Waals surface area contributed by atoms with Crippen molar-refractivity contribution in [2.75, 3.05) is 31.7 Å². The molecule has 0 saturated heterocycles. The molecule has 0 radical (unpaired) electrons. The summed E-state index contributed by atoms with van der Waals surface area (Å²) in [6.07, 6.45) is 0. The lowest BCUT2D eigenvalue weighted by Gasteiger charge is -2.32. The zero-order chi connectivity index (χ0) is 18.9. The van der Waals surface area contributed by atoms with Crippen LogP contribution in [0.1, 0.15) is 27.7 Å². The Kier molecular flexibility index (Phi) is 9.68. The van der Waals surface area contributed by atoms with Gasteiger partial charge in [-0.15, -0.1) is 0 Å². The number of hydrogen-bond donors (Lipinski definition) is 1. The third kappa shape index (κ3) is 6.37. The Hall–Kier alpha value is -0.390. The molecule has 0 heterocycles. The van der Waals surface area contributed by atoms with Gasteiger partial charge in [0.15, 0.2) is 0 Å². The summed E-state index contributed by atoms with van der Waals surface area (Å²) in [5.74, 6) is 0. The van der Waals surface area contributed by atoms with Crippen molar-refractivity contribution in [3.05, 3.63) is 29.3 Å². The molecule has 0 bridgehead atoms. The van der Waals surface area contributed by atoms with Crippen LogP contribution in [0.4, 0.5) is 5.69 Å². The maximum absolute atomic E-state index is 13.3. The van der Waals surface area contributed by atoms with Crippen LogP contribution >= 0.6 is 26.8 Å². The number of benzene rings is 1. The Labute approximate surface area is 154 Å². The van der Waals surface area contributed by atoms with Crippen molar-refractivity contribution in [1.29, 1.82) is 0 Å². The molecule has 0 fully saturated rings. The van der Waals surface area contributed by atoms with Crippen LogP contribution in [-0.4, -0.2) is 32.0 Å². The summed E-state index contributed by atoms with van der Waals surface area (Å²) in [5.41, 5.74) is -0.824. The van der Waals surface area contributed by atoms with Gasteiger partial charge in [0.25, 0.3) is 0 Å². The van der Waals surface area contributed by atoms with Crippen molar-refractivity contribution in [2.24, 2.45) is 0 Å². The molecule has 0 amide bonds.